The fourth-order valence-corrected chi connectivity index (χ4v) is 2.71. The van der Waals surface area contributed by atoms with Gasteiger partial charge >= 0.3 is 5.97 Å². The molecule has 2 rings (SSSR count). The first-order valence-corrected chi connectivity index (χ1v) is 8.50. The number of thiophene rings is 1. The molecule has 2 heterocycles. The van der Waals surface area contributed by atoms with E-state index in [4.69, 9.17) is 4.74 Å². The van der Waals surface area contributed by atoms with Crippen molar-refractivity contribution in [3.8, 4) is 0 Å². The lowest BCUT2D eigenvalue weighted by molar-refractivity contribution is -0.144. The van der Waals surface area contributed by atoms with E-state index in [1.54, 1.807) is 16.2 Å². The normalized spacial score (nSPS) is 14.2. The summed E-state index contributed by atoms with van der Waals surface area (Å²) in [7, 11) is -3.35. The molecule has 0 unspecified atom stereocenters. The standard InChI is InChI=1S/C11H15N3O4S2/c1-2-20(16,17)13-8-18-10(15)6-14-5-9-3-4-19-11(9)12-7-14/h3-5,13H,2,6-8H2,1H3. The number of ether oxygens (including phenoxy) is 1. The summed E-state index contributed by atoms with van der Waals surface area (Å²) in [6, 6.07) is 1.93. The summed E-state index contributed by atoms with van der Waals surface area (Å²) >= 11 is 1.55. The quantitative estimate of drug-likeness (QED) is 0.527. The second kappa shape index (κ2) is 6.33. The van der Waals surface area contributed by atoms with Crippen LogP contribution in [0.2, 0.25) is 0 Å². The molecule has 9 heteroatoms. The van der Waals surface area contributed by atoms with Crippen LogP contribution in [0, 0.1) is 0 Å². The second-order valence-corrected chi connectivity index (χ2v) is 7.06. The van der Waals surface area contributed by atoms with Crippen molar-refractivity contribution in [1.29, 1.82) is 0 Å². The fourth-order valence-electron chi connectivity index (χ4n) is 1.54. The van der Waals surface area contributed by atoms with Gasteiger partial charge in [0, 0.05) is 11.4 Å². The molecule has 1 aromatic heterocycles. The Morgan fingerprint density at radius 2 is 2.40 bits per heavy atom. The molecule has 0 aromatic carbocycles. The van der Waals surface area contributed by atoms with Gasteiger partial charge < -0.3 is 9.64 Å². The second-order valence-electron chi connectivity index (χ2n) is 4.07. The van der Waals surface area contributed by atoms with Crippen molar-refractivity contribution in [1.82, 2.24) is 9.62 Å². The van der Waals surface area contributed by atoms with Crippen LogP contribution >= 0.6 is 11.3 Å². The van der Waals surface area contributed by atoms with Gasteiger partial charge in [0.15, 0.2) is 6.73 Å². The Bertz CT molecular complexity index is 695. The van der Waals surface area contributed by atoms with Crippen LogP contribution in [0.1, 0.15) is 6.92 Å². The van der Waals surface area contributed by atoms with Crippen LogP contribution < -0.4 is 14.6 Å². The van der Waals surface area contributed by atoms with E-state index in [1.165, 1.54) is 6.92 Å². The van der Waals surface area contributed by atoms with E-state index in [2.05, 4.69) is 9.71 Å². The summed E-state index contributed by atoms with van der Waals surface area (Å²) in [6.45, 7) is 1.59. The molecule has 7 nitrogen and oxygen atoms in total. The molecular weight excluding hydrogens is 302 g/mol. The minimum absolute atomic E-state index is 0.0344. The van der Waals surface area contributed by atoms with Crippen LogP contribution in [-0.2, 0) is 19.6 Å². The Morgan fingerprint density at radius 1 is 1.60 bits per heavy atom. The van der Waals surface area contributed by atoms with E-state index in [-0.39, 0.29) is 19.0 Å². The summed E-state index contributed by atoms with van der Waals surface area (Å²) in [5.74, 6) is -0.557. The maximum atomic E-state index is 11.6. The Hall–Kier alpha value is -1.45. The zero-order chi connectivity index (χ0) is 14.6. The van der Waals surface area contributed by atoms with Gasteiger partial charge in [0.05, 0.1) is 5.75 Å². The van der Waals surface area contributed by atoms with E-state index in [9.17, 15) is 13.2 Å². The monoisotopic (exact) mass is 317 g/mol. The predicted molar refractivity (Wildman–Crippen MR) is 74.7 cm³/mol. The number of nitrogens with one attached hydrogen (secondary N) is 1. The third kappa shape index (κ3) is 4.02. The van der Waals surface area contributed by atoms with Crippen LogP contribution in [0.4, 0.5) is 0 Å². The average molecular weight is 317 g/mol. The third-order valence-corrected chi connectivity index (χ3v) is 4.79. The van der Waals surface area contributed by atoms with Crippen molar-refractivity contribution in [2.24, 2.45) is 4.99 Å². The third-order valence-electron chi connectivity index (χ3n) is 2.62. The van der Waals surface area contributed by atoms with E-state index < -0.39 is 16.0 Å². The lowest BCUT2D eigenvalue weighted by atomic mass is 10.4. The van der Waals surface area contributed by atoms with Crippen molar-refractivity contribution in [3.63, 3.8) is 0 Å². The van der Waals surface area contributed by atoms with Crippen molar-refractivity contribution >= 4 is 33.5 Å². The van der Waals surface area contributed by atoms with Gasteiger partial charge in [-0.15, -0.1) is 11.3 Å². The Balaban J connectivity index is 1.82. The number of carbonyl (C=O) groups excluding carboxylic acids is 1. The Morgan fingerprint density at radius 3 is 3.15 bits per heavy atom. The molecule has 0 bridgehead atoms. The maximum Gasteiger partial charge on any atom is 0.326 e. The number of hydrogen-bond donors (Lipinski definition) is 1. The maximum absolute atomic E-state index is 11.6. The number of carbonyl (C=O) groups is 1. The van der Waals surface area contributed by atoms with Crippen LogP contribution in [0.25, 0.3) is 6.20 Å². The van der Waals surface area contributed by atoms with E-state index in [1.807, 2.05) is 17.6 Å². The molecule has 1 aliphatic rings. The average Bonchev–Trinajstić information content (AvgIpc) is 2.86. The van der Waals surface area contributed by atoms with Gasteiger partial charge in [0.25, 0.3) is 0 Å². The number of nitrogens with zero attached hydrogens (tertiary/aromatic N) is 2. The highest BCUT2D eigenvalue weighted by Crippen LogP contribution is 1.96. The van der Waals surface area contributed by atoms with Gasteiger partial charge in [-0.2, -0.15) is 4.72 Å². The SMILES string of the molecule is CCS(=O)(=O)NCOC(=O)CN1C=c2ccsc2=NC1. The number of fused-ring (bicyclic) bond motifs is 1. The predicted octanol–water partition coefficient (Wildman–Crippen LogP) is -1.18. The minimum Gasteiger partial charge on any atom is -0.447 e. The van der Waals surface area contributed by atoms with E-state index >= 15 is 0 Å². The number of esters is 1. The lowest BCUT2D eigenvalue weighted by Crippen LogP contribution is -2.37. The van der Waals surface area contributed by atoms with Crippen LogP contribution in [-0.4, -0.2) is 45.0 Å². The van der Waals surface area contributed by atoms with Crippen molar-refractivity contribution in [3.05, 3.63) is 21.3 Å². The van der Waals surface area contributed by atoms with Crippen molar-refractivity contribution in [2.75, 3.05) is 25.7 Å². The first-order chi connectivity index (χ1) is 9.50. The van der Waals surface area contributed by atoms with Gasteiger partial charge in [0.1, 0.15) is 17.9 Å². The molecule has 0 fully saturated rings. The molecule has 0 saturated carbocycles. The smallest absolute Gasteiger partial charge is 0.326 e. The first kappa shape index (κ1) is 14.9. The topological polar surface area (TPSA) is 88.1 Å². The van der Waals surface area contributed by atoms with Crippen LogP contribution in [0.5, 0.6) is 0 Å². The van der Waals surface area contributed by atoms with Gasteiger partial charge in [-0.1, -0.05) is 0 Å². The number of hydrogen-bond acceptors (Lipinski definition) is 7. The number of rotatable bonds is 6. The largest absolute Gasteiger partial charge is 0.447 e. The zero-order valence-corrected chi connectivity index (χ0v) is 12.5. The highest BCUT2D eigenvalue weighted by Gasteiger charge is 2.12. The van der Waals surface area contributed by atoms with Gasteiger partial charge in [-0.05, 0) is 18.4 Å². The van der Waals surface area contributed by atoms with Crippen LogP contribution in [0.3, 0.4) is 0 Å². The first-order valence-electron chi connectivity index (χ1n) is 5.97. The molecule has 0 radical (unpaired) electrons. The molecule has 0 atom stereocenters. The zero-order valence-electron chi connectivity index (χ0n) is 10.9. The van der Waals surface area contributed by atoms with Gasteiger partial charge in [-0.25, -0.2) is 8.42 Å². The highest BCUT2D eigenvalue weighted by atomic mass is 32.2. The molecule has 1 aliphatic heterocycles. The molecule has 1 N–H and O–H groups in total. The van der Waals surface area contributed by atoms with Gasteiger partial charge in [-0.3, -0.25) is 9.79 Å². The van der Waals surface area contributed by atoms with Crippen molar-refractivity contribution in [2.45, 2.75) is 6.92 Å². The summed E-state index contributed by atoms with van der Waals surface area (Å²) < 4.78 is 30.2. The Labute approximate surface area is 120 Å². The number of sulfonamides is 1. The molecule has 20 heavy (non-hydrogen) atoms. The van der Waals surface area contributed by atoms with Gasteiger partial charge in [0.2, 0.25) is 10.0 Å². The summed E-state index contributed by atoms with van der Waals surface area (Å²) in [5.41, 5.74) is 0. The summed E-state index contributed by atoms with van der Waals surface area (Å²) in [5, 5.41) is 2.91. The molecule has 0 spiro atoms. The van der Waals surface area contributed by atoms with E-state index in [0.717, 1.165) is 9.89 Å². The fraction of sp³-hybridized carbons (Fsp3) is 0.455. The molecule has 0 amide bonds. The molecule has 110 valence electrons. The molecular formula is C11H15N3O4S2. The highest BCUT2D eigenvalue weighted by molar-refractivity contribution is 7.89. The lowest BCUT2D eigenvalue weighted by Gasteiger charge is -2.18. The summed E-state index contributed by atoms with van der Waals surface area (Å²) in [6.07, 6.45) is 1.84. The van der Waals surface area contributed by atoms with E-state index in [0.29, 0.717) is 6.67 Å². The molecule has 1 aromatic rings. The minimum atomic E-state index is -3.35. The van der Waals surface area contributed by atoms with Crippen LogP contribution in [0.15, 0.2) is 16.4 Å². The Kier molecular flexibility index (Phi) is 4.73. The molecule has 0 saturated heterocycles. The van der Waals surface area contributed by atoms with Crippen molar-refractivity contribution < 1.29 is 17.9 Å². The summed E-state index contributed by atoms with van der Waals surface area (Å²) in [4.78, 5) is 17.6. The molecule has 0 aliphatic carbocycles.